The summed E-state index contributed by atoms with van der Waals surface area (Å²) in [7, 11) is 0. The van der Waals surface area contributed by atoms with E-state index in [9.17, 15) is 0 Å². The third-order valence-electron chi connectivity index (χ3n) is 0.392. The highest BCUT2D eigenvalue weighted by atomic mass is 79.9. The number of alkyl halides is 1. The molecule has 2 heteroatoms. The fourth-order valence-corrected chi connectivity index (χ4v) is 0.424. The first kappa shape index (κ1) is 6.18. The first-order valence-electron chi connectivity index (χ1n) is 1.83. The van der Waals surface area contributed by atoms with Gasteiger partial charge in [0.25, 0.3) is 0 Å². The highest BCUT2D eigenvalue weighted by Gasteiger charge is 1.61. The minimum Gasteiger partial charge on any atom is -0.327 e. The molecule has 1 nitrogen and oxygen atoms in total. The van der Waals surface area contributed by atoms with Gasteiger partial charge in [-0.3, -0.25) is 0 Å². The Hall–Kier alpha value is 0.180. The highest BCUT2D eigenvalue weighted by molar-refractivity contribution is 9.09. The molecule has 0 aliphatic rings. The molecular weight excluding hydrogens is 142 g/mol. The van der Waals surface area contributed by atoms with Crippen LogP contribution in [0.15, 0.2) is 12.2 Å². The van der Waals surface area contributed by atoms with E-state index in [0.29, 0.717) is 6.54 Å². The van der Waals surface area contributed by atoms with Crippen molar-refractivity contribution in [1.82, 2.24) is 0 Å². The molecule has 0 aromatic carbocycles. The van der Waals surface area contributed by atoms with Crippen LogP contribution in [0.2, 0.25) is 0 Å². The number of allylic oxidation sites excluding steroid dienone is 1. The van der Waals surface area contributed by atoms with Crippen LogP contribution in [-0.2, 0) is 0 Å². The van der Waals surface area contributed by atoms with Crippen molar-refractivity contribution in [3.8, 4) is 0 Å². The van der Waals surface area contributed by atoms with Crippen LogP contribution in [0, 0.1) is 0 Å². The monoisotopic (exact) mass is 149 g/mol. The van der Waals surface area contributed by atoms with E-state index in [1.807, 2.05) is 12.2 Å². The largest absolute Gasteiger partial charge is 0.327 e. The second-order valence-electron chi connectivity index (χ2n) is 0.861. The average Bonchev–Trinajstić information content (AvgIpc) is 1.61. The molecular formula is C4H8BrN. The standard InChI is InChI=1S/C4H8BrN/c5-3-1-2-4-6/h1-2H,3-4,6H2/b2-1+. The number of hydrogen-bond donors (Lipinski definition) is 1. The summed E-state index contributed by atoms with van der Waals surface area (Å²) in [5.41, 5.74) is 5.11. The minimum absolute atomic E-state index is 0.644. The number of rotatable bonds is 2. The van der Waals surface area contributed by atoms with Gasteiger partial charge in [-0.15, -0.1) is 0 Å². The lowest BCUT2D eigenvalue weighted by molar-refractivity contribution is 1.25. The van der Waals surface area contributed by atoms with Gasteiger partial charge < -0.3 is 5.73 Å². The van der Waals surface area contributed by atoms with Gasteiger partial charge in [-0.05, 0) is 0 Å². The average molecular weight is 150 g/mol. The van der Waals surface area contributed by atoms with Crippen molar-refractivity contribution >= 4 is 15.9 Å². The minimum atomic E-state index is 0.644. The Balaban J connectivity index is 2.73. The first-order valence-corrected chi connectivity index (χ1v) is 2.95. The summed E-state index contributed by atoms with van der Waals surface area (Å²) < 4.78 is 0. The predicted molar refractivity (Wildman–Crippen MR) is 32.0 cm³/mol. The molecule has 0 saturated carbocycles. The van der Waals surface area contributed by atoms with Crippen molar-refractivity contribution in [3.05, 3.63) is 12.2 Å². The topological polar surface area (TPSA) is 26.0 Å². The molecule has 0 spiro atoms. The van der Waals surface area contributed by atoms with E-state index >= 15 is 0 Å². The predicted octanol–water partition coefficient (Wildman–Crippen LogP) is 0.896. The summed E-state index contributed by atoms with van der Waals surface area (Å²) in [5.74, 6) is 0. The maximum absolute atomic E-state index is 5.11. The van der Waals surface area contributed by atoms with Crippen LogP contribution in [-0.4, -0.2) is 11.9 Å². The van der Waals surface area contributed by atoms with Crippen molar-refractivity contribution in [2.45, 2.75) is 0 Å². The van der Waals surface area contributed by atoms with E-state index in [1.165, 1.54) is 0 Å². The maximum atomic E-state index is 5.11. The molecule has 0 radical (unpaired) electrons. The summed E-state index contributed by atoms with van der Waals surface area (Å²) in [5, 5.41) is 0.907. The Morgan fingerprint density at radius 2 is 2.17 bits per heavy atom. The summed E-state index contributed by atoms with van der Waals surface area (Å²) >= 11 is 3.21. The third kappa shape index (κ3) is 4.18. The molecule has 0 saturated heterocycles. The van der Waals surface area contributed by atoms with Gasteiger partial charge in [0.05, 0.1) is 0 Å². The number of halogens is 1. The van der Waals surface area contributed by atoms with Gasteiger partial charge >= 0.3 is 0 Å². The molecule has 36 valence electrons. The third-order valence-corrected chi connectivity index (χ3v) is 0.766. The quantitative estimate of drug-likeness (QED) is 0.459. The zero-order chi connectivity index (χ0) is 4.83. The van der Waals surface area contributed by atoms with Gasteiger partial charge in [0.2, 0.25) is 0 Å². The van der Waals surface area contributed by atoms with Crippen LogP contribution >= 0.6 is 15.9 Å². The van der Waals surface area contributed by atoms with Crippen molar-refractivity contribution in [2.75, 3.05) is 11.9 Å². The molecule has 0 aromatic heterocycles. The van der Waals surface area contributed by atoms with Crippen LogP contribution in [0.1, 0.15) is 0 Å². The smallest absolute Gasteiger partial charge is 0.0212 e. The zero-order valence-corrected chi connectivity index (χ0v) is 5.11. The van der Waals surface area contributed by atoms with Gasteiger partial charge in [0.15, 0.2) is 0 Å². The van der Waals surface area contributed by atoms with Gasteiger partial charge in [-0.25, -0.2) is 0 Å². The summed E-state index contributed by atoms with van der Waals surface area (Å²) in [6.07, 6.45) is 3.88. The number of hydrogen-bond acceptors (Lipinski definition) is 1. The molecule has 0 unspecified atom stereocenters. The Morgan fingerprint density at radius 1 is 1.50 bits per heavy atom. The molecule has 0 rings (SSSR count). The van der Waals surface area contributed by atoms with E-state index in [1.54, 1.807) is 0 Å². The highest BCUT2D eigenvalue weighted by Crippen LogP contribution is 1.77. The van der Waals surface area contributed by atoms with E-state index in [4.69, 9.17) is 5.73 Å². The molecule has 0 heterocycles. The molecule has 0 aliphatic heterocycles. The van der Waals surface area contributed by atoms with E-state index in [-0.39, 0.29) is 0 Å². The Labute approximate surface area is 46.4 Å². The molecule has 6 heavy (non-hydrogen) atoms. The molecule has 0 atom stereocenters. The van der Waals surface area contributed by atoms with Crippen molar-refractivity contribution < 1.29 is 0 Å². The van der Waals surface area contributed by atoms with Crippen molar-refractivity contribution in [3.63, 3.8) is 0 Å². The Morgan fingerprint density at radius 3 is 2.33 bits per heavy atom. The van der Waals surface area contributed by atoms with E-state index < -0.39 is 0 Å². The molecule has 0 amide bonds. The summed E-state index contributed by atoms with van der Waals surface area (Å²) in [4.78, 5) is 0. The van der Waals surface area contributed by atoms with Gasteiger partial charge in [-0.2, -0.15) is 0 Å². The van der Waals surface area contributed by atoms with Gasteiger partial charge in [0.1, 0.15) is 0 Å². The number of nitrogens with two attached hydrogens (primary N) is 1. The van der Waals surface area contributed by atoms with E-state index in [2.05, 4.69) is 15.9 Å². The van der Waals surface area contributed by atoms with Crippen LogP contribution in [0.3, 0.4) is 0 Å². The van der Waals surface area contributed by atoms with E-state index in [0.717, 1.165) is 5.33 Å². The SMILES string of the molecule is NC/C=C/CBr. The summed E-state index contributed by atoms with van der Waals surface area (Å²) in [6, 6.07) is 0. The lowest BCUT2D eigenvalue weighted by atomic mass is 10.5. The Kier molecular flexibility index (Phi) is 5.34. The fourth-order valence-electron chi connectivity index (χ4n) is 0.159. The second-order valence-corrected chi connectivity index (χ2v) is 1.51. The van der Waals surface area contributed by atoms with Crippen molar-refractivity contribution in [2.24, 2.45) is 5.73 Å². The molecule has 0 bridgehead atoms. The summed E-state index contributed by atoms with van der Waals surface area (Å²) in [6.45, 7) is 0.644. The van der Waals surface area contributed by atoms with Gasteiger partial charge in [0, 0.05) is 11.9 Å². The Bertz CT molecular complexity index is 36.8. The van der Waals surface area contributed by atoms with Crippen LogP contribution in [0.4, 0.5) is 0 Å². The maximum Gasteiger partial charge on any atom is 0.0212 e. The van der Waals surface area contributed by atoms with Crippen molar-refractivity contribution in [1.29, 1.82) is 0 Å². The molecule has 0 aromatic rings. The van der Waals surface area contributed by atoms with Crippen LogP contribution in [0.5, 0.6) is 0 Å². The first-order chi connectivity index (χ1) is 2.91. The second kappa shape index (κ2) is 5.18. The molecule has 0 fully saturated rings. The lowest BCUT2D eigenvalue weighted by Crippen LogP contribution is -1.91. The molecule has 0 aliphatic carbocycles. The van der Waals surface area contributed by atoms with Gasteiger partial charge in [-0.1, -0.05) is 28.1 Å². The zero-order valence-electron chi connectivity index (χ0n) is 3.52. The normalized spacial score (nSPS) is 10.3. The van der Waals surface area contributed by atoms with Crippen LogP contribution in [0.25, 0.3) is 0 Å². The fraction of sp³-hybridized carbons (Fsp3) is 0.500. The van der Waals surface area contributed by atoms with Crippen LogP contribution < -0.4 is 5.73 Å². The molecule has 2 N–H and O–H groups in total. The lowest BCUT2D eigenvalue weighted by Gasteiger charge is -1.72.